The summed E-state index contributed by atoms with van der Waals surface area (Å²) < 4.78 is 10.6. The van der Waals surface area contributed by atoms with Crippen molar-refractivity contribution in [2.45, 2.75) is 26.2 Å². The first-order valence-electron chi connectivity index (χ1n) is 9.51. The number of rotatable bonds is 6. The van der Waals surface area contributed by atoms with E-state index in [1.807, 2.05) is 24.3 Å². The summed E-state index contributed by atoms with van der Waals surface area (Å²) in [6.07, 6.45) is 0.162. The highest BCUT2D eigenvalue weighted by atomic mass is 16.5. The van der Waals surface area contributed by atoms with Crippen LogP contribution in [0.25, 0.3) is 0 Å². The van der Waals surface area contributed by atoms with E-state index in [-0.39, 0.29) is 25.5 Å². The van der Waals surface area contributed by atoms with Crippen LogP contribution in [-0.4, -0.2) is 37.5 Å². The summed E-state index contributed by atoms with van der Waals surface area (Å²) in [6.45, 7) is 3.72. The lowest BCUT2D eigenvalue weighted by Gasteiger charge is -2.20. The maximum atomic E-state index is 12.3. The molecule has 1 heterocycles. The van der Waals surface area contributed by atoms with E-state index in [9.17, 15) is 14.4 Å². The zero-order valence-electron chi connectivity index (χ0n) is 16.5. The molecule has 0 atom stereocenters. The average Bonchev–Trinajstić information content (AvgIpc) is 2.86. The van der Waals surface area contributed by atoms with Gasteiger partial charge in [0.25, 0.3) is 5.91 Å². The number of nitrogens with one attached hydrogen (secondary N) is 1. The molecular weight excluding hydrogens is 372 g/mol. The van der Waals surface area contributed by atoms with Crippen LogP contribution >= 0.6 is 0 Å². The summed E-state index contributed by atoms with van der Waals surface area (Å²) in [5.41, 5.74) is 2.31. The van der Waals surface area contributed by atoms with Gasteiger partial charge >= 0.3 is 5.97 Å². The Morgan fingerprint density at radius 3 is 2.59 bits per heavy atom. The first-order chi connectivity index (χ1) is 13.9. The number of carbonyl (C=O) groups excluding carboxylic acids is 3. The third-order valence-electron chi connectivity index (χ3n) is 4.54. The van der Waals surface area contributed by atoms with Gasteiger partial charge in [-0.05, 0) is 35.7 Å². The van der Waals surface area contributed by atoms with Gasteiger partial charge in [-0.1, -0.05) is 38.1 Å². The quantitative estimate of drug-likeness (QED) is 0.759. The second kappa shape index (κ2) is 9.23. The van der Waals surface area contributed by atoms with Gasteiger partial charge in [0, 0.05) is 5.69 Å². The number of amides is 2. The van der Waals surface area contributed by atoms with Crippen LogP contribution in [0, 0.1) is 0 Å². The zero-order chi connectivity index (χ0) is 20.8. The summed E-state index contributed by atoms with van der Waals surface area (Å²) in [6, 6.07) is 14.5. The Labute approximate surface area is 169 Å². The van der Waals surface area contributed by atoms with Crippen molar-refractivity contribution in [1.82, 2.24) is 0 Å². The second-order valence-corrected chi connectivity index (χ2v) is 7.03. The minimum atomic E-state index is -0.666. The van der Waals surface area contributed by atoms with Crippen molar-refractivity contribution in [1.29, 1.82) is 0 Å². The van der Waals surface area contributed by atoms with Gasteiger partial charge in [0.2, 0.25) is 5.91 Å². The summed E-state index contributed by atoms with van der Waals surface area (Å²) in [7, 11) is 0. The maximum Gasteiger partial charge on any atom is 0.326 e. The molecular formula is C22H24N2O5. The fourth-order valence-electron chi connectivity index (χ4n) is 2.96. The van der Waals surface area contributed by atoms with E-state index in [0.717, 1.165) is 0 Å². The van der Waals surface area contributed by atoms with E-state index in [4.69, 9.17) is 9.47 Å². The molecule has 2 aromatic rings. The highest BCUT2D eigenvalue weighted by Gasteiger charge is 2.25. The van der Waals surface area contributed by atoms with Crippen molar-refractivity contribution in [3.05, 3.63) is 54.1 Å². The van der Waals surface area contributed by atoms with Gasteiger partial charge in [0.1, 0.15) is 12.3 Å². The van der Waals surface area contributed by atoms with E-state index >= 15 is 0 Å². The number of ether oxygens (including phenoxy) is 2. The van der Waals surface area contributed by atoms with Gasteiger partial charge in [-0.2, -0.15) is 0 Å². The smallest absolute Gasteiger partial charge is 0.326 e. The number of carbonyl (C=O) groups is 3. The molecule has 1 aliphatic heterocycles. The monoisotopic (exact) mass is 396 g/mol. The van der Waals surface area contributed by atoms with Gasteiger partial charge in [-0.3, -0.25) is 19.3 Å². The first-order valence-corrected chi connectivity index (χ1v) is 9.51. The van der Waals surface area contributed by atoms with Crippen molar-refractivity contribution in [2.75, 3.05) is 30.0 Å². The molecule has 0 bridgehead atoms. The lowest BCUT2D eigenvalue weighted by Crippen LogP contribution is -2.36. The molecule has 2 aromatic carbocycles. The molecule has 152 valence electrons. The van der Waals surface area contributed by atoms with Crippen LogP contribution < -0.4 is 15.0 Å². The number of fused-ring (bicyclic) bond motifs is 1. The van der Waals surface area contributed by atoms with Crippen molar-refractivity contribution in [3.8, 4) is 5.75 Å². The molecule has 1 N–H and O–H groups in total. The number of nitrogens with zero attached hydrogens (tertiary/aromatic N) is 1. The molecule has 0 radical (unpaired) electrons. The van der Waals surface area contributed by atoms with Crippen LogP contribution in [-0.2, 0) is 19.1 Å². The van der Waals surface area contributed by atoms with Crippen LogP contribution in [0.15, 0.2) is 48.5 Å². The fourth-order valence-corrected chi connectivity index (χ4v) is 2.96. The van der Waals surface area contributed by atoms with Crippen molar-refractivity contribution in [2.24, 2.45) is 0 Å². The van der Waals surface area contributed by atoms with Gasteiger partial charge in [-0.15, -0.1) is 0 Å². The molecule has 0 fully saturated rings. The molecule has 0 unspecified atom stereocenters. The molecule has 0 spiro atoms. The number of hydrogen-bond acceptors (Lipinski definition) is 5. The van der Waals surface area contributed by atoms with E-state index in [1.54, 1.807) is 24.3 Å². The fraction of sp³-hybridized carbons (Fsp3) is 0.318. The highest BCUT2D eigenvalue weighted by Crippen LogP contribution is 2.30. The van der Waals surface area contributed by atoms with Crippen molar-refractivity contribution < 1.29 is 23.9 Å². The van der Waals surface area contributed by atoms with E-state index in [0.29, 0.717) is 23.0 Å². The summed E-state index contributed by atoms with van der Waals surface area (Å²) in [5.74, 6) is -0.407. The Hall–Kier alpha value is -3.35. The topological polar surface area (TPSA) is 84.9 Å². The van der Waals surface area contributed by atoms with E-state index in [2.05, 4.69) is 19.2 Å². The Balaban J connectivity index is 1.54. The van der Waals surface area contributed by atoms with Gasteiger partial charge in [0.15, 0.2) is 6.61 Å². The van der Waals surface area contributed by atoms with Crippen LogP contribution in [0.1, 0.15) is 31.7 Å². The van der Waals surface area contributed by atoms with Gasteiger partial charge in [-0.25, -0.2) is 0 Å². The van der Waals surface area contributed by atoms with Gasteiger partial charge in [0.05, 0.1) is 18.7 Å². The molecule has 7 nitrogen and oxygen atoms in total. The number of anilines is 2. The standard InChI is InChI=1S/C22H24N2O5/c1-15(2)16-7-9-17(10-8-16)23-20(25)14-29-22(27)13-24-18-5-3-4-6-19(18)28-12-11-21(24)26/h3-10,15H,11-14H2,1-2H3,(H,23,25). The van der Waals surface area contributed by atoms with Crippen molar-refractivity contribution in [3.63, 3.8) is 0 Å². The Morgan fingerprint density at radius 1 is 1.14 bits per heavy atom. The van der Waals surface area contributed by atoms with E-state index in [1.165, 1.54) is 10.5 Å². The third-order valence-corrected chi connectivity index (χ3v) is 4.54. The predicted molar refractivity (Wildman–Crippen MR) is 109 cm³/mol. The lowest BCUT2D eigenvalue weighted by atomic mass is 10.0. The number of esters is 1. The van der Waals surface area contributed by atoms with Gasteiger partial charge < -0.3 is 14.8 Å². The molecule has 0 saturated heterocycles. The number of hydrogen-bond donors (Lipinski definition) is 1. The average molecular weight is 396 g/mol. The minimum absolute atomic E-state index is 0.162. The molecule has 7 heteroatoms. The third kappa shape index (κ3) is 5.34. The maximum absolute atomic E-state index is 12.3. The van der Waals surface area contributed by atoms with Crippen LogP contribution in [0.3, 0.4) is 0 Å². The SMILES string of the molecule is CC(C)c1ccc(NC(=O)COC(=O)CN2C(=O)CCOc3ccccc32)cc1. The Bertz CT molecular complexity index is 892. The molecule has 0 aromatic heterocycles. The number of para-hydroxylation sites is 2. The van der Waals surface area contributed by atoms with Crippen LogP contribution in [0.5, 0.6) is 5.75 Å². The summed E-state index contributed by atoms with van der Waals surface area (Å²) >= 11 is 0. The Morgan fingerprint density at radius 2 is 1.86 bits per heavy atom. The molecule has 0 aliphatic carbocycles. The first kappa shape index (κ1) is 20.4. The molecule has 3 rings (SSSR count). The largest absolute Gasteiger partial charge is 0.491 e. The minimum Gasteiger partial charge on any atom is -0.491 e. The predicted octanol–water partition coefficient (Wildman–Crippen LogP) is 3.11. The molecule has 2 amide bonds. The summed E-state index contributed by atoms with van der Waals surface area (Å²) in [4.78, 5) is 37.9. The molecule has 0 saturated carbocycles. The van der Waals surface area contributed by atoms with E-state index < -0.39 is 18.5 Å². The molecule has 1 aliphatic rings. The Kier molecular flexibility index (Phi) is 6.49. The normalized spacial score (nSPS) is 13.3. The highest BCUT2D eigenvalue weighted by molar-refractivity contribution is 6.00. The van der Waals surface area contributed by atoms with Crippen LogP contribution in [0.2, 0.25) is 0 Å². The second-order valence-electron chi connectivity index (χ2n) is 7.03. The van der Waals surface area contributed by atoms with Crippen LogP contribution in [0.4, 0.5) is 11.4 Å². The molecule has 29 heavy (non-hydrogen) atoms. The summed E-state index contributed by atoms with van der Waals surface area (Å²) in [5, 5.41) is 2.68. The lowest BCUT2D eigenvalue weighted by molar-refractivity contribution is -0.146. The number of benzene rings is 2. The zero-order valence-corrected chi connectivity index (χ0v) is 16.5. The van der Waals surface area contributed by atoms with Crippen molar-refractivity contribution >= 4 is 29.2 Å².